The molecule has 0 bridgehead atoms. The Morgan fingerprint density at radius 3 is 2.55 bits per heavy atom. The molecule has 0 amide bonds. The summed E-state index contributed by atoms with van der Waals surface area (Å²) in [5, 5.41) is 7.05. The zero-order chi connectivity index (χ0) is 19.6. The molecule has 1 saturated carbocycles. The van der Waals surface area contributed by atoms with Crippen molar-refractivity contribution in [2.45, 2.75) is 37.6 Å². The smallest absolute Gasteiger partial charge is 0.231 e. The molecule has 2 N–H and O–H groups in total. The number of hydrogen-bond acceptors (Lipinski definition) is 5. The van der Waals surface area contributed by atoms with Crippen LogP contribution in [0.2, 0.25) is 0 Å². The molecule has 1 aliphatic carbocycles. The predicted octanol–water partition coefficient (Wildman–Crippen LogP) is 2.34. The second-order valence-corrected chi connectivity index (χ2v) is 8.54. The van der Waals surface area contributed by atoms with Gasteiger partial charge in [-0.2, -0.15) is 0 Å². The number of morpholine rings is 1. The number of hydrogen-bond donors (Lipinski definition) is 2. The summed E-state index contributed by atoms with van der Waals surface area (Å²) in [5.41, 5.74) is 1.53. The van der Waals surface area contributed by atoms with Gasteiger partial charge in [0, 0.05) is 44.2 Å². The minimum atomic E-state index is 0. The molecule has 162 valence electrons. The number of halogens is 1. The molecule has 0 radical (unpaired) electrons. The Morgan fingerprint density at radius 2 is 1.86 bits per heavy atom. The standard InChI is InChI=1S/C21H32N4O3.HI/c1-20(2,25-8-10-26-11-9-25)13-23-19(22-3)24-14-21(6-7-21)16-4-5-17-18(12-16)28-15-27-17;/h4-5,12H,6-11,13-15H2,1-3H3,(H2,22,23,24);1H. The number of aliphatic imine (C=N–C) groups is 1. The van der Waals surface area contributed by atoms with E-state index in [-0.39, 0.29) is 34.9 Å². The van der Waals surface area contributed by atoms with E-state index in [2.05, 4.69) is 46.5 Å². The van der Waals surface area contributed by atoms with Crippen molar-refractivity contribution in [2.24, 2.45) is 4.99 Å². The molecule has 0 unspecified atom stereocenters. The van der Waals surface area contributed by atoms with Crippen molar-refractivity contribution in [3.05, 3.63) is 23.8 Å². The zero-order valence-corrected chi connectivity index (χ0v) is 20.0. The molecule has 1 aromatic rings. The Labute approximate surface area is 190 Å². The van der Waals surface area contributed by atoms with Crippen LogP contribution in [0.25, 0.3) is 0 Å². The monoisotopic (exact) mass is 516 g/mol. The normalized spacial score (nSPS) is 20.7. The van der Waals surface area contributed by atoms with Crippen LogP contribution >= 0.6 is 24.0 Å². The van der Waals surface area contributed by atoms with Crippen molar-refractivity contribution in [3.63, 3.8) is 0 Å². The first-order chi connectivity index (χ1) is 13.5. The average molecular weight is 516 g/mol. The first kappa shape index (κ1) is 22.4. The Morgan fingerprint density at radius 1 is 1.14 bits per heavy atom. The SMILES string of the molecule is CN=C(NCC1(c2ccc3c(c2)OCO3)CC1)NCC(C)(C)N1CCOCC1.I. The van der Waals surface area contributed by atoms with Crippen molar-refractivity contribution in [1.29, 1.82) is 0 Å². The van der Waals surface area contributed by atoms with Crippen LogP contribution in [0.5, 0.6) is 11.5 Å². The van der Waals surface area contributed by atoms with E-state index in [0.29, 0.717) is 6.79 Å². The number of rotatable bonds is 6. The van der Waals surface area contributed by atoms with Crippen LogP contribution in [-0.4, -0.2) is 69.6 Å². The van der Waals surface area contributed by atoms with E-state index in [4.69, 9.17) is 14.2 Å². The minimum absolute atomic E-state index is 0. The summed E-state index contributed by atoms with van der Waals surface area (Å²) in [6, 6.07) is 6.32. The first-order valence-electron chi connectivity index (χ1n) is 10.2. The van der Waals surface area contributed by atoms with Gasteiger partial charge in [0.05, 0.1) is 13.2 Å². The molecule has 8 heteroatoms. The number of fused-ring (bicyclic) bond motifs is 1. The molecule has 0 aromatic heterocycles. The van der Waals surface area contributed by atoms with Gasteiger partial charge in [-0.3, -0.25) is 9.89 Å². The third-order valence-corrected chi connectivity index (χ3v) is 6.21. The lowest BCUT2D eigenvalue weighted by Gasteiger charge is -2.41. The van der Waals surface area contributed by atoms with Gasteiger partial charge >= 0.3 is 0 Å². The quantitative estimate of drug-likeness (QED) is 0.344. The highest BCUT2D eigenvalue weighted by Crippen LogP contribution is 2.49. The van der Waals surface area contributed by atoms with Gasteiger partial charge in [-0.1, -0.05) is 6.07 Å². The minimum Gasteiger partial charge on any atom is -0.454 e. The van der Waals surface area contributed by atoms with Gasteiger partial charge in [0.2, 0.25) is 6.79 Å². The van der Waals surface area contributed by atoms with Gasteiger partial charge in [0.25, 0.3) is 0 Å². The molecule has 7 nitrogen and oxygen atoms in total. The van der Waals surface area contributed by atoms with Crippen molar-refractivity contribution in [2.75, 3.05) is 53.2 Å². The Kier molecular flexibility index (Phi) is 7.16. The van der Waals surface area contributed by atoms with Crippen LogP contribution in [0, 0.1) is 0 Å². The molecular weight excluding hydrogens is 483 g/mol. The molecule has 2 heterocycles. The van der Waals surface area contributed by atoms with Gasteiger partial charge < -0.3 is 24.8 Å². The van der Waals surface area contributed by atoms with Gasteiger partial charge in [-0.05, 0) is 44.4 Å². The summed E-state index contributed by atoms with van der Waals surface area (Å²) >= 11 is 0. The average Bonchev–Trinajstić information content (AvgIpc) is 3.36. The van der Waals surface area contributed by atoms with E-state index >= 15 is 0 Å². The fraction of sp³-hybridized carbons (Fsp3) is 0.667. The Bertz CT molecular complexity index is 731. The second-order valence-electron chi connectivity index (χ2n) is 8.54. The van der Waals surface area contributed by atoms with Gasteiger partial charge in [0.1, 0.15) is 0 Å². The van der Waals surface area contributed by atoms with Crippen LogP contribution in [0.4, 0.5) is 0 Å². The maximum Gasteiger partial charge on any atom is 0.231 e. The summed E-state index contributed by atoms with van der Waals surface area (Å²) in [7, 11) is 1.83. The molecule has 29 heavy (non-hydrogen) atoms. The van der Waals surface area contributed by atoms with Crippen molar-refractivity contribution < 1.29 is 14.2 Å². The van der Waals surface area contributed by atoms with Crippen LogP contribution < -0.4 is 20.1 Å². The number of benzene rings is 1. The highest BCUT2D eigenvalue weighted by atomic mass is 127. The summed E-state index contributed by atoms with van der Waals surface area (Å²) in [5.74, 6) is 2.56. The fourth-order valence-electron chi connectivity index (χ4n) is 4.00. The maximum absolute atomic E-state index is 5.55. The van der Waals surface area contributed by atoms with E-state index < -0.39 is 0 Å². The van der Waals surface area contributed by atoms with Crippen LogP contribution in [-0.2, 0) is 10.2 Å². The lowest BCUT2D eigenvalue weighted by molar-refractivity contribution is -0.00834. The van der Waals surface area contributed by atoms with E-state index in [1.807, 2.05) is 13.1 Å². The van der Waals surface area contributed by atoms with Crippen LogP contribution in [0.3, 0.4) is 0 Å². The summed E-state index contributed by atoms with van der Waals surface area (Å²) in [4.78, 5) is 6.90. The van der Waals surface area contributed by atoms with Crippen molar-refractivity contribution in [3.8, 4) is 11.5 Å². The van der Waals surface area contributed by atoms with Crippen LogP contribution in [0.15, 0.2) is 23.2 Å². The van der Waals surface area contributed by atoms with Crippen molar-refractivity contribution >= 4 is 29.9 Å². The molecule has 0 spiro atoms. The topological polar surface area (TPSA) is 67.4 Å². The Hall–Kier alpha value is -1.26. The largest absolute Gasteiger partial charge is 0.454 e. The summed E-state index contributed by atoms with van der Waals surface area (Å²) in [6.07, 6.45) is 2.35. The highest BCUT2D eigenvalue weighted by Gasteiger charge is 2.45. The second kappa shape index (κ2) is 9.26. The van der Waals surface area contributed by atoms with Gasteiger partial charge in [-0.25, -0.2) is 0 Å². The maximum atomic E-state index is 5.55. The first-order valence-corrected chi connectivity index (χ1v) is 10.2. The fourth-order valence-corrected chi connectivity index (χ4v) is 4.00. The molecule has 2 aliphatic heterocycles. The number of nitrogens with zero attached hydrogens (tertiary/aromatic N) is 2. The lowest BCUT2D eigenvalue weighted by Crippen LogP contribution is -2.56. The van der Waals surface area contributed by atoms with Gasteiger partial charge in [-0.15, -0.1) is 24.0 Å². The van der Waals surface area contributed by atoms with Gasteiger partial charge in [0.15, 0.2) is 17.5 Å². The molecular formula is C21H33IN4O3. The summed E-state index contributed by atoms with van der Waals surface area (Å²) < 4.78 is 16.5. The molecule has 4 rings (SSSR count). The van der Waals surface area contributed by atoms with Crippen LogP contribution in [0.1, 0.15) is 32.3 Å². The number of nitrogens with one attached hydrogen (secondary N) is 2. The van der Waals surface area contributed by atoms with E-state index in [1.54, 1.807) is 0 Å². The molecule has 1 aromatic carbocycles. The van der Waals surface area contributed by atoms with Crippen molar-refractivity contribution in [1.82, 2.24) is 15.5 Å². The highest BCUT2D eigenvalue weighted by molar-refractivity contribution is 14.0. The van der Waals surface area contributed by atoms with E-state index in [0.717, 1.165) is 56.9 Å². The predicted molar refractivity (Wildman–Crippen MR) is 125 cm³/mol. The molecule has 0 atom stereocenters. The molecule has 2 fully saturated rings. The lowest BCUT2D eigenvalue weighted by atomic mass is 9.95. The van der Waals surface area contributed by atoms with E-state index in [1.165, 1.54) is 18.4 Å². The Balaban J connectivity index is 0.00000240. The zero-order valence-electron chi connectivity index (χ0n) is 17.6. The number of guanidine groups is 1. The molecule has 1 saturated heterocycles. The number of ether oxygens (including phenoxy) is 3. The third kappa shape index (κ3) is 5.08. The van der Waals surface area contributed by atoms with E-state index in [9.17, 15) is 0 Å². The summed E-state index contributed by atoms with van der Waals surface area (Å²) in [6.45, 7) is 10.2. The molecule has 3 aliphatic rings. The third-order valence-electron chi connectivity index (χ3n) is 6.21.